The first-order valence-electron chi connectivity index (χ1n) is 10.3. The summed E-state index contributed by atoms with van der Waals surface area (Å²) in [4.78, 5) is 13.4. The second kappa shape index (κ2) is 10.0. The Bertz CT molecular complexity index is 1030. The molecular formula is C22H26F3N3O3S. The lowest BCUT2D eigenvalue weighted by Crippen LogP contribution is -2.51. The summed E-state index contributed by atoms with van der Waals surface area (Å²) >= 11 is 0. The van der Waals surface area contributed by atoms with Gasteiger partial charge in [-0.15, -0.1) is 0 Å². The molecule has 1 aliphatic heterocycles. The third-order valence-corrected chi connectivity index (χ3v) is 7.38. The minimum atomic E-state index is -4.32. The zero-order valence-electron chi connectivity index (χ0n) is 17.9. The number of halogens is 3. The molecule has 1 saturated heterocycles. The molecule has 0 spiro atoms. The van der Waals surface area contributed by atoms with Crippen molar-refractivity contribution in [3.63, 3.8) is 0 Å². The summed E-state index contributed by atoms with van der Waals surface area (Å²) in [7, 11) is -4.32. The quantitative estimate of drug-likeness (QED) is 0.677. The predicted octanol–water partition coefficient (Wildman–Crippen LogP) is 2.92. The molecule has 1 atom stereocenters. The Labute approximate surface area is 186 Å². The van der Waals surface area contributed by atoms with E-state index >= 15 is 0 Å². The molecule has 1 unspecified atom stereocenters. The van der Waals surface area contributed by atoms with Crippen molar-refractivity contribution in [3.8, 4) is 0 Å². The van der Waals surface area contributed by atoms with Crippen LogP contribution < -0.4 is 5.32 Å². The molecule has 3 rings (SSSR count). The first kappa shape index (κ1) is 24.2. The number of hydrogen-bond donors (Lipinski definition) is 1. The van der Waals surface area contributed by atoms with Crippen LogP contribution in [0.2, 0.25) is 0 Å². The zero-order chi connectivity index (χ0) is 23.5. The lowest BCUT2D eigenvalue weighted by Gasteiger charge is -2.34. The molecule has 6 nitrogen and oxygen atoms in total. The van der Waals surface area contributed by atoms with Gasteiger partial charge in [-0.3, -0.25) is 9.69 Å². The Morgan fingerprint density at radius 2 is 1.53 bits per heavy atom. The third-order valence-electron chi connectivity index (χ3n) is 5.43. The smallest absolute Gasteiger partial charge is 0.249 e. The van der Waals surface area contributed by atoms with E-state index in [4.69, 9.17) is 0 Å². The number of nitrogens with one attached hydrogen (secondary N) is 1. The van der Waals surface area contributed by atoms with Crippen LogP contribution >= 0.6 is 0 Å². The van der Waals surface area contributed by atoms with Gasteiger partial charge in [-0.05, 0) is 35.7 Å². The van der Waals surface area contributed by atoms with E-state index < -0.39 is 26.6 Å². The first-order chi connectivity index (χ1) is 15.1. The average Bonchev–Trinajstić information content (AvgIpc) is 2.73. The minimum absolute atomic E-state index is 0.00889. The van der Waals surface area contributed by atoms with Crippen molar-refractivity contribution in [2.24, 2.45) is 5.92 Å². The summed E-state index contributed by atoms with van der Waals surface area (Å²) in [6.07, 6.45) is 0. The SMILES string of the molecule is CC(C)C(NC(=O)CN1CCN(S(=O)(=O)c2c(F)cccc2F)CC1)c1ccc(F)cc1. The molecule has 0 bridgehead atoms. The normalized spacial score (nSPS) is 16.8. The van der Waals surface area contributed by atoms with Crippen LogP contribution in [0.5, 0.6) is 0 Å². The third kappa shape index (κ3) is 5.48. The van der Waals surface area contributed by atoms with E-state index in [1.165, 1.54) is 12.1 Å². The number of carbonyl (C=O) groups excluding carboxylic acids is 1. The van der Waals surface area contributed by atoms with Crippen LogP contribution in [0.1, 0.15) is 25.5 Å². The van der Waals surface area contributed by atoms with Crippen molar-refractivity contribution in [3.05, 3.63) is 65.5 Å². The van der Waals surface area contributed by atoms with Gasteiger partial charge in [0.05, 0.1) is 12.6 Å². The number of carbonyl (C=O) groups is 1. The van der Waals surface area contributed by atoms with E-state index in [1.54, 1.807) is 17.0 Å². The molecule has 174 valence electrons. The molecule has 2 aromatic rings. The van der Waals surface area contributed by atoms with Gasteiger partial charge in [0.2, 0.25) is 15.9 Å². The van der Waals surface area contributed by atoms with Gasteiger partial charge in [0, 0.05) is 26.2 Å². The summed E-state index contributed by atoms with van der Waals surface area (Å²) in [5.74, 6) is -2.79. The van der Waals surface area contributed by atoms with E-state index in [1.807, 2.05) is 13.8 Å². The van der Waals surface area contributed by atoms with Crippen LogP contribution in [-0.2, 0) is 14.8 Å². The van der Waals surface area contributed by atoms with Gasteiger partial charge in [0.25, 0.3) is 0 Å². The van der Waals surface area contributed by atoms with Crippen LogP contribution in [0, 0.1) is 23.4 Å². The highest BCUT2D eigenvalue weighted by Gasteiger charge is 2.33. The maximum atomic E-state index is 14.0. The number of amides is 1. The van der Waals surface area contributed by atoms with E-state index in [-0.39, 0.29) is 56.4 Å². The fourth-order valence-electron chi connectivity index (χ4n) is 3.71. The predicted molar refractivity (Wildman–Crippen MR) is 114 cm³/mol. The summed E-state index contributed by atoms with van der Waals surface area (Å²) < 4.78 is 67.5. The maximum Gasteiger partial charge on any atom is 0.249 e. The molecule has 32 heavy (non-hydrogen) atoms. The fraction of sp³-hybridized carbons (Fsp3) is 0.409. The molecule has 0 radical (unpaired) electrons. The molecular weight excluding hydrogens is 443 g/mol. The summed E-state index contributed by atoms with van der Waals surface area (Å²) in [5.41, 5.74) is 0.789. The minimum Gasteiger partial charge on any atom is -0.348 e. The van der Waals surface area contributed by atoms with E-state index in [9.17, 15) is 26.4 Å². The molecule has 1 heterocycles. The summed E-state index contributed by atoms with van der Waals surface area (Å²) in [5, 5.41) is 2.95. The van der Waals surface area contributed by atoms with Gasteiger partial charge in [-0.2, -0.15) is 4.31 Å². The summed E-state index contributed by atoms with van der Waals surface area (Å²) in [6.45, 7) is 4.44. The number of rotatable bonds is 7. The Morgan fingerprint density at radius 3 is 2.06 bits per heavy atom. The monoisotopic (exact) mass is 469 g/mol. The van der Waals surface area contributed by atoms with Crippen molar-refractivity contribution < 1.29 is 26.4 Å². The maximum absolute atomic E-state index is 14.0. The van der Waals surface area contributed by atoms with Gasteiger partial charge in [-0.25, -0.2) is 21.6 Å². The molecule has 1 amide bonds. The number of nitrogens with zero attached hydrogens (tertiary/aromatic N) is 2. The van der Waals surface area contributed by atoms with Crippen LogP contribution in [0.3, 0.4) is 0 Å². The van der Waals surface area contributed by atoms with E-state index in [2.05, 4.69) is 5.32 Å². The molecule has 1 fully saturated rings. The Kier molecular flexibility index (Phi) is 7.58. The van der Waals surface area contributed by atoms with Crippen molar-refractivity contribution in [2.75, 3.05) is 32.7 Å². The lowest BCUT2D eigenvalue weighted by molar-refractivity contribution is -0.123. The van der Waals surface area contributed by atoms with E-state index in [0.29, 0.717) is 0 Å². The van der Waals surface area contributed by atoms with Gasteiger partial charge in [0.15, 0.2) is 4.90 Å². The molecule has 0 aromatic heterocycles. The number of hydrogen-bond acceptors (Lipinski definition) is 4. The second-order valence-electron chi connectivity index (χ2n) is 8.07. The largest absolute Gasteiger partial charge is 0.348 e. The van der Waals surface area contributed by atoms with Crippen LogP contribution in [-0.4, -0.2) is 56.3 Å². The molecule has 1 N–H and O–H groups in total. The molecule has 2 aromatic carbocycles. The highest BCUT2D eigenvalue weighted by Crippen LogP contribution is 2.24. The zero-order valence-corrected chi connectivity index (χ0v) is 18.7. The number of sulfonamides is 1. The van der Waals surface area contributed by atoms with Gasteiger partial charge >= 0.3 is 0 Å². The Balaban J connectivity index is 1.59. The standard InChI is InChI=1S/C22H26F3N3O3S/c1-15(2)21(16-6-8-17(23)9-7-16)26-20(29)14-27-10-12-28(13-11-27)32(30,31)22-18(24)4-3-5-19(22)25/h3-9,15,21H,10-14H2,1-2H3,(H,26,29). The molecule has 0 aliphatic carbocycles. The van der Waals surface area contributed by atoms with Gasteiger partial charge in [-0.1, -0.05) is 32.0 Å². The average molecular weight is 470 g/mol. The van der Waals surface area contributed by atoms with E-state index in [0.717, 1.165) is 28.1 Å². The van der Waals surface area contributed by atoms with Crippen molar-refractivity contribution in [1.29, 1.82) is 0 Å². The van der Waals surface area contributed by atoms with Crippen molar-refractivity contribution in [2.45, 2.75) is 24.8 Å². The highest BCUT2D eigenvalue weighted by molar-refractivity contribution is 7.89. The van der Waals surface area contributed by atoms with Crippen LogP contribution in [0.25, 0.3) is 0 Å². The second-order valence-corrected chi connectivity index (χ2v) is 9.95. The van der Waals surface area contributed by atoms with Gasteiger partial charge < -0.3 is 5.32 Å². The number of benzene rings is 2. The van der Waals surface area contributed by atoms with Crippen LogP contribution in [0.15, 0.2) is 47.4 Å². The lowest BCUT2D eigenvalue weighted by atomic mass is 9.96. The number of piperazine rings is 1. The first-order valence-corrected chi connectivity index (χ1v) is 11.7. The summed E-state index contributed by atoms with van der Waals surface area (Å²) in [6, 6.07) is 8.57. The van der Waals surface area contributed by atoms with Crippen molar-refractivity contribution in [1.82, 2.24) is 14.5 Å². The highest BCUT2D eigenvalue weighted by atomic mass is 32.2. The topological polar surface area (TPSA) is 69.7 Å². The van der Waals surface area contributed by atoms with Crippen molar-refractivity contribution >= 4 is 15.9 Å². The molecule has 1 aliphatic rings. The van der Waals surface area contributed by atoms with Crippen LogP contribution in [0.4, 0.5) is 13.2 Å². The molecule has 10 heteroatoms. The fourth-order valence-corrected chi connectivity index (χ4v) is 5.24. The Hall–Kier alpha value is -2.43. The van der Waals surface area contributed by atoms with Gasteiger partial charge in [0.1, 0.15) is 17.5 Å². The Morgan fingerprint density at radius 1 is 0.969 bits per heavy atom. The molecule has 0 saturated carbocycles.